The Morgan fingerprint density at radius 3 is 2.65 bits per heavy atom. The summed E-state index contributed by atoms with van der Waals surface area (Å²) < 4.78 is 0. The fourth-order valence-electron chi connectivity index (χ4n) is 3.27. The van der Waals surface area contributed by atoms with Crippen LogP contribution < -0.4 is 0 Å². The summed E-state index contributed by atoms with van der Waals surface area (Å²) in [4.78, 5) is 14.4. The lowest BCUT2D eigenvalue weighted by molar-refractivity contribution is 0.0752. The number of fused-ring (bicyclic) bond motifs is 3. The lowest BCUT2D eigenvalue weighted by Gasteiger charge is -2.32. The van der Waals surface area contributed by atoms with Crippen molar-refractivity contribution in [3.05, 3.63) is 70.8 Å². The Morgan fingerprint density at radius 1 is 1.10 bits per heavy atom. The summed E-state index contributed by atoms with van der Waals surface area (Å²) in [6, 6.07) is 16.6. The van der Waals surface area contributed by atoms with E-state index in [4.69, 9.17) is 0 Å². The quantitative estimate of drug-likeness (QED) is 0.798. The second-order valence-electron chi connectivity index (χ2n) is 5.36. The second kappa shape index (κ2) is 4.13. The average Bonchev–Trinajstić information content (AvgIpc) is 3.01. The summed E-state index contributed by atoms with van der Waals surface area (Å²) in [5.41, 5.74) is 4.47. The van der Waals surface area contributed by atoms with E-state index in [1.54, 1.807) is 0 Å². The van der Waals surface area contributed by atoms with E-state index in [0.29, 0.717) is 0 Å². The minimum absolute atomic E-state index is 0.172. The molecule has 0 aromatic heterocycles. The number of aryl methyl sites for hydroxylation is 1. The van der Waals surface area contributed by atoms with Gasteiger partial charge in [-0.3, -0.25) is 4.79 Å². The van der Waals surface area contributed by atoms with Gasteiger partial charge < -0.3 is 4.90 Å². The van der Waals surface area contributed by atoms with E-state index < -0.39 is 0 Å². The molecule has 2 aromatic carbocycles. The van der Waals surface area contributed by atoms with E-state index in [1.165, 1.54) is 11.1 Å². The van der Waals surface area contributed by atoms with Crippen molar-refractivity contribution >= 4 is 17.7 Å². The van der Waals surface area contributed by atoms with Crippen LogP contribution >= 0.6 is 11.8 Å². The Labute approximate surface area is 122 Å². The molecule has 0 N–H and O–H groups in total. The van der Waals surface area contributed by atoms with Crippen LogP contribution in [0.5, 0.6) is 0 Å². The lowest BCUT2D eigenvalue weighted by Crippen LogP contribution is -2.37. The number of benzene rings is 2. The Kier molecular flexibility index (Phi) is 2.48. The van der Waals surface area contributed by atoms with Gasteiger partial charge in [0.1, 0.15) is 4.87 Å². The number of thioether (sulfide) groups is 1. The molecule has 2 aliphatic rings. The average molecular weight is 281 g/mol. The molecule has 0 radical (unpaired) electrons. The molecule has 0 aliphatic carbocycles. The first-order valence-corrected chi connectivity index (χ1v) is 7.84. The fourth-order valence-corrected chi connectivity index (χ4v) is 4.81. The van der Waals surface area contributed by atoms with Crippen molar-refractivity contribution in [1.29, 1.82) is 0 Å². The summed E-state index contributed by atoms with van der Waals surface area (Å²) in [5.74, 6) is 1.17. The molecule has 100 valence electrons. The summed E-state index contributed by atoms with van der Waals surface area (Å²) in [5, 5.41) is 0. The van der Waals surface area contributed by atoms with Crippen LogP contribution in [0.15, 0.2) is 48.5 Å². The van der Waals surface area contributed by atoms with Gasteiger partial charge in [-0.05, 0) is 18.6 Å². The van der Waals surface area contributed by atoms with Crippen LogP contribution in [0, 0.1) is 6.92 Å². The summed E-state index contributed by atoms with van der Waals surface area (Å²) in [6.45, 7) is 2.92. The summed E-state index contributed by atoms with van der Waals surface area (Å²) in [6.07, 6.45) is 0. The second-order valence-corrected chi connectivity index (χ2v) is 6.65. The third-order valence-corrected chi connectivity index (χ3v) is 5.70. The van der Waals surface area contributed by atoms with Crippen LogP contribution in [-0.2, 0) is 4.87 Å². The molecule has 2 aromatic rings. The van der Waals surface area contributed by atoms with E-state index in [9.17, 15) is 4.79 Å². The topological polar surface area (TPSA) is 20.3 Å². The highest BCUT2D eigenvalue weighted by Crippen LogP contribution is 2.55. The van der Waals surface area contributed by atoms with E-state index in [0.717, 1.165) is 23.4 Å². The van der Waals surface area contributed by atoms with Crippen LogP contribution in [0.3, 0.4) is 0 Å². The van der Waals surface area contributed by atoms with Crippen molar-refractivity contribution in [3.8, 4) is 0 Å². The van der Waals surface area contributed by atoms with Crippen molar-refractivity contribution in [3.63, 3.8) is 0 Å². The SMILES string of the molecule is Cc1ccc(C23SCCN2C(=O)c2ccccc23)cc1. The Balaban J connectivity index is 1.99. The predicted molar refractivity (Wildman–Crippen MR) is 81.9 cm³/mol. The highest BCUT2D eigenvalue weighted by Gasteiger charge is 2.54. The van der Waals surface area contributed by atoms with Crippen molar-refractivity contribution in [1.82, 2.24) is 4.90 Å². The predicted octanol–water partition coefficient (Wildman–Crippen LogP) is 3.40. The van der Waals surface area contributed by atoms with E-state index in [-0.39, 0.29) is 10.8 Å². The monoisotopic (exact) mass is 281 g/mol. The van der Waals surface area contributed by atoms with Gasteiger partial charge in [-0.15, -0.1) is 11.8 Å². The fraction of sp³-hybridized carbons (Fsp3) is 0.235. The molecule has 2 nitrogen and oxygen atoms in total. The number of carbonyl (C=O) groups excluding carboxylic acids is 1. The molecule has 0 spiro atoms. The molecule has 20 heavy (non-hydrogen) atoms. The molecular formula is C17H15NOS. The molecule has 1 fully saturated rings. The van der Waals surface area contributed by atoms with Crippen LogP contribution in [0.4, 0.5) is 0 Å². The Morgan fingerprint density at radius 2 is 1.85 bits per heavy atom. The van der Waals surface area contributed by atoms with Crippen LogP contribution in [0.2, 0.25) is 0 Å². The maximum atomic E-state index is 12.6. The smallest absolute Gasteiger partial charge is 0.255 e. The van der Waals surface area contributed by atoms with E-state index >= 15 is 0 Å². The molecule has 1 saturated heterocycles. The first-order chi connectivity index (χ1) is 9.73. The normalized spacial score (nSPS) is 23.9. The van der Waals surface area contributed by atoms with Gasteiger partial charge in [-0.25, -0.2) is 0 Å². The summed E-state index contributed by atoms with van der Waals surface area (Å²) in [7, 11) is 0. The highest BCUT2D eigenvalue weighted by atomic mass is 32.2. The Bertz CT molecular complexity index is 694. The molecule has 0 saturated carbocycles. The molecule has 1 unspecified atom stereocenters. The minimum atomic E-state index is -0.304. The maximum Gasteiger partial charge on any atom is 0.255 e. The highest BCUT2D eigenvalue weighted by molar-refractivity contribution is 8.00. The van der Waals surface area contributed by atoms with Crippen molar-refractivity contribution in [2.24, 2.45) is 0 Å². The van der Waals surface area contributed by atoms with Gasteiger partial charge in [0.05, 0.1) is 0 Å². The standard InChI is InChI=1S/C17H15NOS/c1-12-6-8-13(9-7-12)17-15-5-3-2-4-14(15)16(19)18(17)10-11-20-17/h2-9H,10-11H2,1H3. The molecule has 2 aliphatic heterocycles. The molecular weight excluding hydrogens is 266 g/mol. The van der Waals surface area contributed by atoms with E-state index in [2.05, 4.69) is 37.3 Å². The minimum Gasteiger partial charge on any atom is -0.315 e. The maximum absolute atomic E-state index is 12.6. The van der Waals surface area contributed by atoms with Gasteiger partial charge in [0, 0.05) is 23.4 Å². The third kappa shape index (κ3) is 1.39. The molecule has 0 bridgehead atoms. The zero-order valence-electron chi connectivity index (χ0n) is 11.3. The van der Waals surface area contributed by atoms with Gasteiger partial charge in [-0.1, -0.05) is 48.0 Å². The Hall–Kier alpha value is -1.74. The number of carbonyl (C=O) groups is 1. The number of amides is 1. The third-order valence-electron chi connectivity index (χ3n) is 4.22. The molecule has 3 heteroatoms. The first-order valence-electron chi connectivity index (χ1n) is 6.86. The number of nitrogens with zero attached hydrogens (tertiary/aromatic N) is 1. The number of hydrogen-bond donors (Lipinski definition) is 0. The molecule has 1 amide bonds. The van der Waals surface area contributed by atoms with Crippen molar-refractivity contribution in [2.75, 3.05) is 12.3 Å². The lowest BCUT2D eigenvalue weighted by atomic mass is 9.96. The van der Waals surface area contributed by atoms with Crippen molar-refractivity contribution in [2.45, 2.75) is 11.8 Å². The van der Waals surface area contributed by atoms with Crippen LogP contribution in [0.1, 0.15) is 27.0 Å². The molecule has 4 rings (SSSR count). The first kappa shape index (κ1) is 12.0. The molecule has 2 heterocycles. The van der Waals surface area contributed by atoms with Gasteiger partial charge in [-0.2, -0.15) is 0 Å². The number of hydrogen-bond acceptors (Lipinski definition) is 2. The van der Waals surface area contributed by atoms with Crippen LogP contribution in [-0.4, -0.2) is 23.1 Å². The van der Waals surface area contributed by atoms with Gasteiger partial charge in [0.2, 0.25) is 0 Å². The number of rotatable bonds is 1. The van der Waals surface area contributed by atoms with E-state index in [1.807, 2.05) is 34.9 Å². The van der Waals surface area contributed by atoms with Crippen LogP contribution in [0.25, 0.3) is 0 Å². The zero-order valence-corrected chi connectivity index (χ0v) is 12.1. The summed E-state index contributed by atoms with van der Waals surface area (Å²) >= 11 is 1.87. The van der Waals surface area contributed by atoms with Crippen molar-refractivity contribution < 1.29 is 4.79 Å². The van der Waals surface area contributed by atoms with Gasteiger partial charge in [0.25, 0.3) is 5.91 Å². The van der Waals surface area contributed by atoms with Gasteiger partial charge in [0.15, 0.2) is 0 Å². The molecule has 1 atom stereocenters. The largest absolute Gasteiger partial charge is 0.315 e. The zero-order chi connectivity index (χ0) is 13.7. The van der Waals surface area contributed by atoms with Gasteiger partial charge >= 0.3 is 0 Å².